The van der Waals surface area contributed by atoms with Crippen LogP contribution < -0.4 is 5.32 Å². The Morgan fingerprint density at radius 1 is 1.36 bits per heavy atom. The van der Waals surface area contributed by atoms with Gasteiger partial charge in [0, 0.05) is 25.6 Å². The highest BCUT2D eigenvalue weighted by atomic mass is 19.3. The Hall–Kier alpha value is -0.220. The van der Waals surface area contributed by atoms with E-state index >= 15 is 0 Å². The minimum Gasteiger partial charge on any atom is -0.313 e. The minimum absolute atomic E-state index is 0.0365. The molecule has 2 heterocycles. The first-order valence-corrected chi connectivity index (χ1v) is 5.49. The van der Waals surface area contributed by atoms with E-state index in [0.29, 0.717) is 12.6 Å². The highest BCUT2D eigenvalue weighted by Gasteiger charge is 2.38. The average molecular weight is 204 g/mol. The Balaban J connectivity index is 1.75. The molecular weight excluding hydrogens is 186 g/mol. The Morgan fingerprint density at radius 3 is 2.79 bits per heavy atom. The second kappa shape index (κ2) is 4.11. The number of nitrogens with one attached hydrogen (secondary N) is 1. The van der Waals surface area contributed by atoms with Gasteiger partial charge in [-0.1, -0.05) is 6.42 Å². The fourth-order valence-electron chi connectivity index (χ4n) is 2.35. The van der Waals surface area contributed by atoms with Crippen LogP contribution in [0.15, 0.2) is 0 Å². The van der Waals surface area contributed by atoms with Crippen molar-refractivity contribution < 1.29 is 8.78 Å². The van der Waals surface area contributed by atoms with Gasteiger partial charge in [-0.3, -0.25) is 4.90 Å². The van der Waals surface area contributed by atoms with Gasteiger partial charge in [-0.2, -0.15) is 0 Å². The Labute approximate surface area is 83.7 Å². The lowest BCUT2D eigenvalue weighted by Gasteiger charge is -2.27. The smallest absolute Gasteiger partial charge is 0.261 e. The second-order valence-electron chi connectivity index (χ2n) is 4.49. The van der Waals surface area contributed by atoms with Crippen LogP contribution in [0.3, 0.4) is 0 Å². The quantitative estimate of drug-likeness (QED) is 0.732. The molecule has 2 saturated heterocycles. The third-order valence-corrected chi connectivity index (χ3v) is 3.14. The van der Waals surface area contributed by atoms with Crippen LogP contribution in [-0.4, -0.2) is 43.0 Å². The fraction of sp³-hybridized carbons (Fsp3) is 1.00. The van der Waals surface area contributed by atoms with Crippen LogP contribution in [0, 0.1) is 0 Å². The van der Waals surface area contributed by atoms with Gasteiger partial charge >= 0.3 is 0 Å². The lowest BCUT2D eigenvalue weighted by atomic mass is 10.0. The molecule has 0 amide bonds. The molecule has 4 heteroatoms. The van der Waals surface area contributed by atoms with E-state index in [1.807, 2.05) is 4.90 Å². The molecule has 0 spiro atoms. The summed E-state index contributed by atoms with van der Waals surface area (Å²) < 4.78 is 25.8. The number of hydrogen-bond acceptors (Lipinski definition) is 2. The molecule has 0 aromatic carbocycles. The van der Waals surface area contributed by atoms with Gasteiger partial charge in [-0.05, 0) is 19.4 Å². The molecule has 2 rings (SSSR count). The van der Waals surface area contributed by atoms with Crippen LogP contribution in [-0.2, 0) is 0 Å². The van der Waals surface area contributed by atoms with Gasteiger partial charge in [0.25, 0.3) is 5.92 Å². The van der Waals surface area contributed by atoms with Gasteiger partial charge in [0.2, 0.25) is 0 Å². The van der Waals surface area contributed by atoms with E-state index in [1.165, 1.54) is 12.8 Å². The zero-order valence-electron chi connectivity index (χ0n) is 8.44. The maximum absolute atomic E-state index is 12.9. The minimum atomic E-state index is -2.44. The predicted octanol–water partition coefficient (Wildman–Crippen LogP) is 1.47. The van der Waals surface area contributed by atoms with Gasteiger partial charge in [0.05, 0.1) is 6.54 Å². The van der Waals surface area contributed by atoms with Gasteiger partial charge in [0.15, 0.2) is 0 Å². The zero-order chi connectivity index (χ0) is 10.0. The lowest BCUT2D eigenvalue weighted by Crippen LogP contribution is -2.43. The molecule has 2 aliphatic heterocycles. The molecule has 2 aliphatic rings. The molecule has 1 unspecified atom stereocenters. The van der Waals surface area contributed by atoms with Gasteiger partial charge in [0.1, 0.15) is 0 Å². The summed E-state index contributed by atoms with van der Waals surface area (Å²) in [7, 11) is 0. The monoisotopic (exact) mass is 204 g/mol. The largest absolute Gasteiger partial charge is 0.313 e. The van der Waals surface area contributed by atoms with E-state index in [1.54, 1.807) is 0 Å². The van der Waals surface area contributed by atoms with Gasteiger partial charge < -0.3 is 5.32 Å². The van der Waals surface area contributed by atoms with E-state index in [4.69, 9.17) is 0 Å². The van der Waals surface area contributed by atoms with E-state index in [-0.39, 0.29) is 13.0 Å². The Morgan fingerprint density at radius 2 is 2.21 bits per heavy atom. The molecule has 0 aromatic rings. The van der Waals surface area contributed by atoms with Crippen LogP contribution >= 0.6 is 0 Å². The van der Waals surface area contributed by atoms with Crippen LogP contribution in [0.5, 0.6) is 0 Å². The summed E-state index contributed by atoms with van der Waals surface area (Å²) in [4.78, 5) is 1.89. The van der Waals surface area contributed by atoms with Crippen LogP contribution in [0.4, 0.5) is 8.78 Å². The molecule has 2 nitrogen and oxygen atoms in total. The molecule has 0 saturated carbocycles. The molecule has 2 fully saturated rings. The van der Waals surface area contributed by atoms with Crippen molar-refractivity contribution in [3.05, 3.63) is 0 Å². The number of halogens is 2. The van der Waals surface area contributed by atoms with E-state index in [2.05, 4.69) is 5.32 Å². The fourth-order valence-corrected chi connectivity index (χ4v) is 2.35. The van der Waals surface area contributed by atoms with Crippen LogP contribution in [0.2, 0.25) is 0 Å². The standard InChI is InChI=1S/C10H18F2N2/c11-10(12)4-6-14(8-10)7-9-3-1-2-5-13-9/h9,13H,1-8H2. The zero-order valence-corrected chi connectivity index (χ0v) is 8.44. The van der Waals surface area contributed by atoms with E-state index in [9.17, 15) is 8.78 Å². The van der Waals surface area contributed by atoms with Crippen LogP contribution in [0.1, 0.15) is 25.7 Å². The molecule has 0 aromatic heterocycles. The maximum atomic E-state index is 12.9. The first-order valence-electron chi connectivity index (χ1n) is 5.49. The number of alkyl halides is 2. The normalized spacial score (nSPS) is 33.4. The highest BCUT2D eigenvalue weighted by molar-refractivity contribution is 4.85. The highest BCUT2D eigenvalue weighted by Crippen LogP contribution is 2.27. The Kier molecular flexibility index (Phi) is 3.02. The first-order chi connectivity index (χ1) is 6.66. The summed E-state index contributed by atoms with van der Waals surface area (Å²) in [5.41, 5.74) is 0. The third kappa shape index (κ3) is 2.64. The molecule has 0 radical (unpaired) electrons. The molecule has 0 aliphatic carbocycles. The topological polar surface area (TPSA) is 15.3 Å². The van der Waals surface area contributed by atoms with Crippen molar-refractivity contribution >= 4 is 0 Å². The number of hydrogen-bond donors (Lipinski definition) is 1. The van der Waals surface area contributed by atoms with E-state index in [0.717, 1.165) is 19.5 Å². The van der Waals surface area contributed by atoms with Crippen molar-refractivity contribution in [2.45, 2.75) is 37.6 Å². The summed E-state index contributed by atoms with van der Waals surface area (Å²) >= 11 is 0. The van der Waals surface area contributed by atoms with Crippen molar-refractivity contribution in [3.63, 3.8) is 0 Å². The van der Waals surface area contributed by atoms with E-state index < -0.39 is 5.92 Å². The number of piperidine rings is 1. The van der Waals surface area contributed by atoms with Crippen molar-refractivity contribution in [1.82, 2.24) is 10.2 Å². The van der Waals surface area contributed by atoms with Crippen LogP contribution in [0.25, 0.3) is 0 Å². The third-order valence-electron chi connectivity index (χ3n) is 3.14. The molecule has 14 heavy (non-hydrogen) atoms. The summed E-state index contributed by atoms with van der Waals surface area (Å²) in [6, 6.07) is 0.442. The summed E-state index contributed by atoms with van der Waals surface area (Å²) in [5, 5.41) is 3.39. The predicted molar refractivity (Wildman–Crippen MR) is 51.6 cm³/mol. The van der Waals surface area contributed by atoms with Crippen molar-refractivity contribution in [3.8, 4) is 0 Å². The van der Waals surface area contributed by atoms with Gasteiger partial charge in [-0.25, -0.2) is 8.78 Å². The second-order valence-corrected chi connectivity index (χ2v) is 4.49. The van der Waals surface area contributed by atoms with Crippen molar-refractivity contribution in [2.24, 2.45) is 0 Å². The maximum Gasteiger partial charge on any atom is 0.261 e. The molecule has 0 bridgehead atoms. The molecule has 1 N–H and O–H groups in total. The first kappa shape index (κ1) is 10.3. The van der Waals surface area contributed by atoms with Crippen molar-refractivity contribution in [1.29, 1.82) is 0 Å². The summed E-state index contributed by atoms with van der Waals surface area (Å²) in [6.45, 7) is 2.38. The molecule has 1 atom stereocenters. The lowest BCUT2D eigenvalue weighted by molar-refractivity contribution is 0.0112. The molecular formula is C10H18F2N2. The number of likely N-dealkylation sites (tertiary alicyclic amines) is 1. The number of rotatable bonds is 2. The molecule has 82 valence electrons. The Bertz CT molecular complexity index is 191. The summed E-state index contributed by atoms with van der Waals surface area (Å²) in [5.74, 6) is -2.44. The van der Waals surface area contributed by atoms with Crippen molar-refractivity contribution in [2.75, 3.05) is 26.2 Å². The number of nitrogens with zero attached hydrogens (tertiary/aromatic N) is 1. The summed E-state index contributed by atoms with van der Waals surface area (Å²) in [6.07, 6.45) is 3.65. The average Bonchev–Trinajstić information content (AvgIpc) is 2.47. The SMILES string of the molecule is FC1(F)CCN(CC2CCCCN2)C1. The van der Waals surface area contributed by atoms with Gasteiger partial charge in [-0.15, -0.1) is 0 Å².